The topological polar surface area (TPSA) is 36.4 Å². The van der Waals surface area contributed by atoms with E-state index in [4.69, 9.17) is 4.98 Å². The van der Waals surface area contributed by atoms with Crippen LogP contribution < -0.4 is 0 Å². The largest absolute Gasteiger partial charge is 0.343 e. The van der Waals surface area contributed by atoms with Crippen LogP contribution in [0.25, 0.3) is 0 Å². The van der Waals surface area contributed by atoms with E-state index in [0.29, 0.717) is 24.3 Å². The number of rotatable bonds is 7. The molecule has 4 heteroatoms. The molecule has 1 amide bonds. The maximum Gasteiger partial charge on any atom is 0.222 e. The van der Waals surface area contributed by atoms with Crippen LogP contribution >= 0.6 is 0 Å². The van der Waals surface area contributed by atoms with Crippen LogP contribution in [0.3, 0.4) is 0 Å². The number of hydrogen-bond acceptors (Lipinski definition) is 3. The Labute approximate surface area is 187 Å². The Morgan fingerprint density at radius 1 is 1.06 bits per heavy atom. The molecule has 0 saturated carbocycles. The van der Waals surface area contributed by atoms with Gasteiger partial charge in [-0.25, -0.2) is 0 Å². The second-order valence-electron chi connectivity index (χ2n) is 9.48. The highest BCUT2D eigenvalue weighted by Gasteiger charge is 2.25. The molecule has 2 aromatic rings. The highest BCUT2D eigenvalue weighted by atomic mass is 16.2. The average Bonchev–Trinajstić information content (AvgIpc) is 3.35. The van der Waals surface area contributed by atoms with Gasteiger partial charge in [0, 0.05) is 43.4 Å². The highest BCUT2D eigenvalue weighted by Crippen LogP contribution is 2.28. The second-order valence-corrected chi connectivity index (χ2v) is 9.48. The number of hydrogen-bond donors (Lipinski definition) is 0. The maximum absolute atomic E-state index is 12.7. The van der Waals surface area contributed by atoms with Crippen molar-refractivity contribution in [1.82, 2.24) is 14.8 Å². The smallest absolute Gasteiger partial charge is 0.222 e. The van der Waals surface area contributed by atoms with Crippen molar-refractivity contribution in [2.45, 2.75) is 70.8 Å². The van der Waals surface area contributed by atoms with Crippen LogP contribution in [0.2, 0.25) is 0 Å². The van der Waals surface area contributed by atoms with Gasteiger partial charge in [0.1, 0.15) is 0 Å². The third-order valence-electron chi connectivity index (χ3n) is 7.31. The zero-order valence-corrected chi connectivity index (χ0v) is 19.2. The Balaban J connectivity index is 1.23. The van der Waals surface area contributed by atoms with E-state index in [1.807, 2.05) is 6.20 Å². The zero-order chi connectivity index (χ0) is 21.6. The van der Waals surface area contributed by atoms with Crippen LogP contribution in [0.4, 0.5) is 0 Å². The Hall–Kier alpha value is -2.20. The summed E-state index contributed by atoms with van der Waals surface area (Å²) in [5.41, 5.74) is 5.14. The van der Waals surface area contributed by atoms with Gasteiger partial charge in [-0.3, -0.25) is 9.78 Å². The molecule has 4 nitrogen and oxygen atoms in total. The quantitative estimate of drug-likeness (QED) is 0.637. The van der Waals surface area contributed by atoms with Crippen molar-refractivity contribution >= 4 is 5.91 Å². The van der Waals surface area contributed by atoms with E-state index in [-0.39, 0.29) is 0 Å². The molecule has 1 aromatic heterocycles. The van der Waals surface area contributed by atoms with E-state index in [1.165, 1.54) is 48.3 Å². The number of likely N-dealkylation sites (tertiary alicyclic amines) is 2. The molecule has 0 spiro atoms. The van der Waals surface area contributed by atoms with Crippen molar-refractivity contribution in [3.05, 3.63) is 65.0 Å². The summed E-state index contributed by atoms with van der Waals surface area (Å²) in [5.74, 6) is 0.811. The number of piperidine rings is 1. The number of carbonyl (C=O) groups is 1. The van der Waals surface area contributed by atoms with Crippen molar-refractivity contribution in [1.29, 1.82) is 0 Å². The summed E-state index contributed by atoms with van der Waals surface area (Å²) < 4.78 is 0. The van der Waals surface area contributed by atoms with Crippen molar-refractivity contribution in [3.63, 3.8) is 0 Å². The first kappa shape index (κ1) is 22.0. The Kier molecular flexibility index (Phi) is 7.39. The summed E-state index contributed by atoms with van der Waals surface area (Å²) >= 11 is 0. The van der Waals surface area contributed by atoms with Crippen LogP contribution in [-0.4, -0.2) is 52.9 Å². The van der Waals surface area contributed by atoms with E-state index in [2.05, 4.69) is 60.0 Å². The molecule has 4 rings (SSSR count). The van der Waals surface area contributed by atoms with Crippen LogP contribution in [-0.2, 0) is 11.2 Å². The third kappa shape index (κ3) is 5.74. The van der Waals surface area contributed by atoms with Gasteiger partial charge in [0.05, 0.1) is 0 Å². The Morgan fingerprint density at radius 3 is 2.48 bits per heavy atom. The minimum Gasteiger partial charge on any atom is -0.343 e. The lowest BCUT2D eigenvalue weighted by Crippen LogP contribution is -2.39. The monoisotopic (exact) mass is 419 g/mol. The van der Waals surface area contributed by atoms with Gasteiger partial charge in [0.15, 0.2) is 0 Å². The van der Waals surface area contributed by atoms with E-state index in [0.717, 1.165) is 38.8 Å². The van der Waals surface area contributed by atoms with Crippen molar-refractivity contribution in [2.24, 2.45) is 0 Å². The standard InChI is InChI=1S/C27H37N3O/c1-21-7-3-4-8-25(21)19-23-10-11-26(28-20-23)24-13-17-30(18-14-24)27(31)12-9-22(2)29-15-5-6-16-29/h3-4,7-8,10-11,20,22,24H,5-6,9,12-19H2,1-2H3/t22-/m1/s1. The van der Waals surface area contributed by atoms with Crippen molar-refractivity contribution in [2.75, 3.05) is 26.2 Å². The molecule has 2 aliphatic rings. The minimum atomic E-state index is 0.339. The van der Waals surface area contributed by atoms with Gasteiger partial charge in [-0.15, -0.1) is 0 Å². The molecule has 0 radical (unpaired) electrons. The predicted octanol–water partition coefficient (Wildman–Crippen LogP) is 4.95. The second kappa shape index (κ2) is 10.4. The fourth-order valence-electron chi connectivity index (χ4n) is 5.09. The average molecular weight is 420 g/mol. The van der Waals surface area contributed by atoms with Crippen LogP contribution in [0.5, 0.6) is 0 Å². The summed E-state index contributed by atoms with van der Waals surface area (Å²) in [5, 5.41) is 0. The van der Waals surface area contributed by atoms with Crippen LogP contribution in [0, 0.1) is 6.92 Å². The lowest BCUT2D eigenvalue weighted by molar-refractivity contribution is -0.132. The van der Waals surface area contributed by atoms with Crippen molar-refractivity contribution < 1.29 is 4.79 Å². The Morgan fingerprint density at radius 2 is 1.81 bits per heavy atom. The molecule has 166 valence electrons. The van der Waals surface area contributed by atoms with E-state index in [9.17, 15) is 4.79 Å². The highest BCUT2D eigenvalue weighted by molar-refractivity contribution is 5.76. The summed E-state index contributed by atoms with van der Waals surface area (Å²) in [4.78, 5) is 22.1. The molecular formula is C27H37N3O. The van der Waals surface area contributed by atoms with Gasteiger partial charge in [-0.1, -0.05) is 30.3 Å². The SMILES string of the molecule is Cc1ccccc1Cc1ccc(C2CCN(C(=O)CC[C@@H](C)N3CCCC3)CC2)nc1. The zero-order valence-electron chi connectivity index (χ0n) is 19.2. The first-order valence-electron chi connectivity index (χ1n) is 12.1. The normalized spacial score (nSPS) is 19.0. The first-order valence-corrected chi connectivity index (χ1v) is 12.1. The van der Waals surface area contributed by atoms with E-state index in [1.54, 1.807) is 0 Å². The van der Waals surface area contributed by atoms with Gasteiger partial charge in [-0.05, 0) is 88.2 Å². The third-order valence-corrected chi connectivity index (χ3v) is 7.31. The number of aryl methyl sites for hydroxylation is 1. The molecular weight excluding hydrogens is 382 g/mol. The summed E-state index contributed by atoms with van der Waals surface area (Å²) in [7, 11) is 0. The molecule has 0 aliphatic carbocycles. The maximum atomic E-state index is 12.7. The van der Waals surface area contributed by atoms with E-state index < -0.39 is 0 Å². The number of pyridine rings is 1. The molecule has 0 unspecified atom stereocenters. The lowest BCUT2D eigenvalue weighted by atomic mass is 9.92. The molecule has 2 aliphatic heterocycles. The van der Waals surface area contributed by atoms with Gasteiger partial charge in [-0.2, -0.15) is 0 Å². The number of benzene rings is 1. The minimum absolute atomic E-state index is 0.339. The molecule has 1 atom stereocenters. The predicted molar refractivity (Wildman–Crippen MR) is 126 cm³/mol. The number of carbonyl (C=O) groups excluding carboxylic acids is 1. The molecule has 0 N–H and O–H groups in total. The summed E-state index contributed by atoms with van der Waals surface area (Å²) in [6, 6.07) is 13.5. The molecule has 2 saturated heterocycles. The lowest BCUT2D eigenvalue weighted by Gasteiger charge is -2.32. The fourth-order valence-corrected chi connectivity index (χ4v) is 5.09. The molecule has 2 fully saturated rings. The summed E-state index contributed by atoms with van der Waals surface area (Å²) in [6.45, 7) is 8.59. The van der Waals surface area contributed by atoms with Crippen LogP contribution in [0.1, 0.15) is 73.8 Å². The van der Waals surface area contributed by atoms with E-state index >= 15 is 0 Å². The molecule has 0 bridgehead atoms. The first-order chi connectivity index (χ1) is 15.1. The molecule has 3 heterocycles. The summed E-state index contributed by atoms with van der Waals surface area (Å²) in [6.07, 6.45) is 9.33. The van der Waals surface area contributed by atoms with Crippen molar-refractivity contribution in [3.8, 4) is 0 Å². The van der Waals surface area contributed by atoms with Gasteiger partial charge >= 0.3 is 0 Å². The van der Waals surface area contributed by atoms with Gasteiger partial charge in [0.25, 0.3) is 0 Å². The Bertz CT molecular complexity index is 849. The number of amides is 1. The van der Waals surface area contributed by atoms with Gasteiger partial charge in [0.2, 0.25) is 5.91 Å². The van der Waals surface area contributed by atoms with Crippen LogP contribution in [0.15, 0.2) is 42.6 Å². The molecule has 1 aromatic carbocycles. The van der Waals surface area contributed by atoms with Gasteiger partial charge < -0.3 is 9.80 Å². The number of aromatic nitrogens is 1. The number of nitrogens with zero attached hydrogens (tertiary/aromatic N) is 3. The fraction of sp³-hybridized carbons (Fsp3) is 0.556. The molecule has 31 heavy (non-hydrogen) atoms.